The summed E-state index contributed by atoms with van der Waals surface area (Å²) < 4.78 is 10.2. The molecule has 0 aliphatic rings. The molecule has 0 fully saturated rings. The van der Waals surface area contributed by atoms with Gasteiger partial charge in [-0.2, -0.15) is 0 Å². The van der Waals surface area contributed by atoms with Crippen molar-refractivity contribution >= 4 is 12.1 Å². The van der Waals surface area contributed by atoms with Crippen molar-refractivity contribution in [2.24, 2.45) is 5.92 Å². The summed E-state index contributed by atoms with van der Waals surface area (Å²) in [5.41, 5.74) is 0. The van der Waals surface area contributed by atoms with Gasteiger partial charge < -0.3 is 14.8 Å². The number of nitrogens with one attached hydrogen (secondary N) is 1. The van der Waals surface area contributed by atoms with Gasteiger partial charge in [-0.25, -0.2) is 9.59 Å². The quantitative estimate of drug-likeness (QED) is 0.102. The van der Waals surface area contributed by atoms with Gasteiger partial charge in [0.15, 0.2) is 6.61 Å². The SMILES string of the molecule is C#CCOC(=O)NC(CC(C)C)C(=O)OCCCCCCCCCCCCCCCCCC. The lowest BCUT2D eigenvalue weighted by Gasteiger charge is -2.19. The molecular weight excluding hydrogens is 414 g/mol. The molecule has 1 unspecified atom stereocenters. The van der Waals surface area contributed by atoms with E-state index in [0.29, 0.717) is 13.0 Å². The van der Waals surface area contributed by atoms with Gasteiger partial charge in [0, 0.05) is 0 Å². The predicted molar refractivity (Wildman–Crippen MR) is 137 cm³/mol. The van der Waals surface area contributed by atoms with Crippen LogP contribution in [0.4, 0.5) is 4.79 Å². The molecule has 0 aromatic heterocycles. The fourth-order valence-corrected chi connectivity index (χ4v) is 3.90. The van der Waals surface area contributed by atoms with Gasteiger partial charge in [0.05, 0.1) is 6.61 Å². The van der Waals surface area contributed by atoms with E-state index in [2.05, 4.69) is 18.2 Å². The van der Waals surface area contributed by atoms with E-state index in [-0.39, 0.29) is 12.5 Å². The molecule has 0 aliphatic heterocycles. The molecule has 0 rings (SSSR count). The van der Waals surface area contributed by atoms with Crippen molar-refractivity contribution < 1.29 is 19.1 Å². The summed E-state index contributed by atoms with van der Waals surface area (Å²) in [6.07, 6.45) is 25.9. The summed E-state index contributed by atoms with van der Waals surface area (Å²) >= 11 is 0. The summed E-state index contributed by atoms with van der Waals surface area (Å²) in [6.45, 7) is 6.53. The van der Waals surface area contributed by atoms with Gasteiger partial charge in [0.1, 0.15) is 6.04 Å². The Kier molecular flexibility index (Phi) is 22.2. The Bertz CT molecular complexity index is 513. The molecule has 5 heteroatoms. The maximum atomic E-state index is 12.3. The summed E-state index contributed by atoms with van der Waals surface area (Å²) in [5.74, 6) is 2.07. The first-order valence-electron chi connectivity index (χ1n) is 13.5. The molecule has 0 spiro atoms. The fraction of sp³-hybridized carbons (Fsp3) is 0.857. The minimum Gasteiger partial charge on any atom is -0.464 e. The van der Waals surface area contributed by atoms with E-state index < -0.39 is 18.1 Å². The lowest BCUT2D eigenvalue weighted by molar-refractivity contribution is -0.146. The summed E-state index contributed by atoms with van der Waals surface area (Å²) in [6, 6.07) is -0.698. The smallest absolute Gasteiger partial charge is 0.408 e. The van der Waals surface area contributed by atoms with Crippen LogP contribution in [-0.2, 0) is 14.3 Å². The van der Waals surface area contributed by atoms with Crippen molar-refractivity contribution in [2.45, 2.75) is 136 Å². The van der Waals surface area contributed by atoms with Crippen LogP contribution < -0.4 is 5.32 Å². The average Bonchev–Trinajstić information content (AvgIpc) is 2.78. The summed E-state index contributed by atoms with van der Waals surface area (Å²) in [4.78, 5) is 24.0. The third-order valence-corrected chi connectivity index (χ3v) is 5.81. The van der Waals surface area contributed by atoms with E-state index in [9.17, 15) is 9.59 Å². The lowest BCUT2D eigenvalue weighted by Crippen LogP contribution is -2.43. The Labute approximate surface area is 204 Å². The Morgan fingerprint density at radius 1 is 0.758 bits per heavy atom. The number of hydrogen-bond acceptors (Lipinski definition) is 4. The molecule has 0 saturated heterocycles. The Hall–Kier alpha value is -1.70. The van der Waals surface area contributed by atoms with Gasteiger partial charge in [-0.15, -0.1) is 6.42 Å². The first kappa shape index (κ1) is 31.3. The molecule has 192 valence electrons. The van der Waals surface area contributed by atoms with E-state index >= 15 is 0 Å². The number of terminal acetylenes is 1. The van der Waals surface area contributed by atoms with Gasteiger partial charge in [0.25, 0.3) is 0 Å². The van der Waals surface area contributed by atoms with Crippen LogP contribution in [-0.4, -0.2) is 31.3 Å². The minimum atomic E-state index is -0.698. The fourth-order valence-electron chi connectivity index (χ4n) is 3.90. The van der Waals surface area contributed by atoms with Crippen LogP contribution in [0.15, 0.2) is 0 Å². The number of ether oxygens (including phenoxy) is 2. The first-order chi connectivity index (χ1) is 16.0. The lowest BCUT2D eigenvalue weighted by atomic mass is 10.0. The second kappa shape index (κ2) is 23.5. The van der Waals surface area contributed by atoms with Crippen molar-refractivity contribution in [2.75, 3.05) is 13.2 Å². The van der Waals surface area contributed by atoms with Crippen LogP contribution >= 0.6 is 0 Å². The monoisotopic (exact) mass is 465 g/mol. The highest BCUT2D eigenvalue weighted by Gasteiger charge is 2.23. The molecule has 33 heavy (non-hydrogen) atoms. The molecular formula is C28H51NO4. The molecule has 1 atom stereocenters. The Morgan fingerprint density at radius 2 is 1.21 bits per heavy atom. The van der Waals surface area contributed by atoms with E-state index in [0.717, 1.165) is 12.8 Å². The van der Waals surface area contributed by atoms with E-state index in [1.807, 2.05) is 13.8 Å². The van der Waals surface area contributed by atoms with E-state index in [4.69, 9.17) is 15.9 Å². The van der Waals surface area contributed by atoms with E-state index in [1.165, 1.54) is 89.9 Å². The van der Waals surface area contributed by atoms with Crippen LogP contribution in [0.1, 0.15) is 130 Å². The first-order valence-corrected chi connectivity index (χ1v) is 13.5. The van der Waals surface area contributed by atoms with Gasteiger partial charge in [-0.05, 0) is 18.8 Å². The Morgan fingerprint density at radius 3 is 1.64 bits per heavy atom. The Balaban J connectivity index is 3.61. The molecule has 0 bridgehead atoms. The topological polar surface area (TPSA) is 64.6 Å². The van der Waals surface area contributed by atoms with Crippen LogP contribution in [0.3, 0.4) is 0 Å². The van der Waals surface area contributed by atoms with E-state index in [1.54, 1.807) is 0 Å². The number of rotatable bonds is 22. The van der Waals surface area contributed by atoms with Gasteiger partial charge in [-0.1, -0.05) is 123 Å². The highest BCUT2D eigenvalue weighted by atomic mass is 16.6. The van der Waals surface area contributed by atoms with Crippen molar-refractivity contribution in [3.05, 3.63) is 0 Å². The molecule has 1 amide bonds. The van der Waals surface area contributed by atoms with Crippen molar-refractivity contribution in [3.8, 4) is 12.3 Å². The molecule has 5 nitrogen and oxygen atoms in total. The molecule has 1 N–H and O–H groups in total. The molecule has 0 radical (unpaired) electrons. The second-order valence-corrected chi connectivity index (χ2v) is 9.58. The highest BCUT2D eigenvalue weighted by molar-refractivity contribution is 5.81. The van der Waals surface area contributed by atoms with Crippen molar-refractivity contribution in [1.82, 2.24) is 5.32 Å². The van der Waals surface area contributed by atoms with Crippen molar-refractivity contribution in [1.29, 1.82) is 0 Å². The van der Waals surface area contributed by atoms with Crippen LogP contribution in [0, 0.1) is 18.3 Å². The summed E-state index contributed by atoms with van der Waals surface area (Å²) in [5, 5.41) is 2.56. The highest BCUT2D eigenvalue weighted by Crippen LogP contribution is 2.14. The number of hydrogen-bond donors (Lipinski definition) is 1. The second-order valence-electron chi connectivity index (χ2n) is 9.58. The maximum absolute atomic E-state index is 12.3. The molecule has 0 aromatic carbocycles. The zero-order valence-electron chi connectivity index (χ0n) is 21.8. The standard InChI is InChI=1S/C28H51NO4/c1-5-7-8-9-10-11-12-13-14-15-16-17-18-19-20-21-23-32-27(30)26(24-25(3)4)29-28(31)33-22-6-2/h2,25-26H,5,7-24H2,1,3-4H3,(H,29,31). The van der Waals surface area contributed by atoms with Crippen molar-refractivity contribution in [3.63, 3.8) is 0 Å². The zero-order valence-corrected chi connectivity index (χ0v) is 21.8. The van der Waals surface area contributed by atoms with Gasteiger partial charge >= 0.3 is 12.1 Å². The van der Waals surface area contributed by atoms with Crippen LogP contribution in [0.25, 0.3) is 0 Å². The number of amides is 1. The average molecular weight is 466 g/mol. The number of carbonyl (C=O) groups is 2. The summed E-state index contributed by atoms with van der Waals surface area (Å²) in [7, 11) is 0. The predicted octanol–water partition coefficient (Wildman–Crippen LogP) is 7.57. The number of alkyl carbamates (subject to hydrolysis) is 1. The molecule has 0 heterocycles. The molecule has 0 aromatic rings. The van der Waals surface area contributed by atoms with Gasteiger partial charge in [-0.3, -0.25) is 0 Å². The molecule has 0 aliphatic carbocycles. The largest absolute Gasteiger partial charge is 0.464 e. The number of unbranched alkanes of at least 4 members (excludes halogenated alkanes) is 15. The minimum absolute atomic E-state index is 0.117. The normalized spacial score (nSPS) is 11.7. The molecule has 0 saturated carbocycles. The number of carbonyl (C=O) groups excluding carboxylic acids is 2. The third-order valence-electron chi connectivity index (χ3n) is 5.81. The van der Waals surface area contributed by atoms with Gasteiger partial charge in [0.2, 0.25) is 0 Å². The third kappa shape index (κ3) is 21.9. The number of esters is 1. The van der Waals surface area contributed by atoms with Crippen LogP contribution in [0.2, 0.25) is 0 Å². The zero-order chi connectivity index (χ0) is 24.6. The maximum Gasteiger partial charge on any atom is 0.408 e. The van der Waals surface area contributed by atoms with Crippen LogP contribution in [0.5, 0.6) is 0 Å².